The molecule has 2 N–H and O–H groups in total. The molecule has 1 aliphatic rings. The molecule has 1 atom stereocenters. The van der Waals surface area contributed by atoms with E-state index in [9.17, 15) is 0 Å². The molecule has 1 saturated heterocycles. The van der Waals surface area contributed by atoms with Crippen LogP contribution < -0.4 is 5.73 Å². The van der Waals surface area contributed by atoms with Crippen molar-refractivity contribution in [2.75, 3.05) is 13.1 Å². The Morgan fingerprint density at radius 3 is 3.08 bits per heavy atom. The molecule has 0 saturated carbocycles. The van der Waals surface area contributed by atoms with Crippen molar-refractivity contribution < 1.29 is 4.52 Å². The fourth-order valence-electron chi connectivity index (χ4n) is 1.60. The summed E-state index contributed by atoms with van der Waals surface area (Å²) in [6.07, 6.45) is 1.06. The van der Waals surface area contributed by atoms with E-state index in [0.29, 0.717) is 17.8 Å². The second-order valence-corrected chi connectivity index (χ2v) is 3.52. The largest absolute Gasteiger partial charge is 0.338 e. The topological polar surface area (TPSA) is 68.2 Å². The van der Waals surface area contributed by atoms with Crippen molar-refractivity contribution in [1.82, 2.24) is 15.0 Å². The average molecular weight is 182 g/mol. The minimum Gasteiger partial charge on any atom is -0.338 e. The first-order valence-corrected chi connectivity index (χ1v) is 4.51. The highest BCUT2D eigenvalue weighted by Crippen LogP contribution is 2.10. The summed E-state index contributed by atoms with van der Waals surface area (Å²) in [6, 6.07) is 0.309. The second-order valence-electron chi connectivity index (χ2n) is 3.52. The summed E-state index contributed by atoms with van der Waals surface area (Å²) >= 11 is 0. The van der Waals surface area contributed by atoms with Crippen molar-refractivity contribution in [2.24, 2.45) is 5.73 Å². The van der Waals surface area contributed by atoms with E-state index in [-0.39, 0.29) is 0 Å². The Morgan fingerprint density at radius 2 is 2.54 bits per heavy atom. The zero-order valence-electron chi connectivity index (χ0n) is 7.73. The summed E-state index contributed by atoms with van der Waals surface area (Å²) in [7, 11) is 0. The van der Waals surface area contributed by atoms with Crippen LogP contribution in [0, 0.1) is 6.92 Å². The number of hydrogen-bond donors (Lipinski definition) is 1. The second kappa shape index (κ2) is 3.43. The predicted octanol–water partition coefficient (Wildman–Crippen LogP) is -0.0890. The molecule has 0 amide bonds. The van der Waals surface area contributed by atoms with Crippen LogP contribution in [-0.4, -0.2) is 34.2 Å². The Labute approximate surface area is 76.9 Å². The third kappa shape index (κ3) is 2.05. The van der Waals surface area contributed by atoms with Crippen molar-refractivity contribution in [2.45, 2.75) is 25.9 Å². The SMILES string of the molecule is Cc1noc(CN2CC[C@@H](N)C2)n1. The lowest BCUT2D eigenvalue weighted by Gasteiger charge is -2.10. The Morgan fingerprint density at radius 1 is 1.69 bits per heavy atom. The predicted molar refractivity (Wildman–Crippen MR) is 46.9 cm³/mol. The highest BCUT2D eigenvalue weighted by molar-refractivity contribution is 4.86. The van der Waals surface area contributed by atoms with Crippen LogP contribution in [0.2, 0.25) is 0 Å². The van der Waals surface area contributed by atoms with E-state index in [1.54, 1.807) is 0 Å². The summed E-state index contributed by atoms with van der Waals surface area (Å²) in [5.74, 6) is 1.38. The fraction of sp³-hybridized carbons (Fsp3) is 0.750. The molecule has 1 aromatic heterocycles. The van der Waals surface area contributed by atoms with Crippen LogP contribution in [0.15, 0.2) is 4.52 Å². The van der Waals surface area contributed by atoms with Crippen molar-refractivity contribution in [3.8, 4) is 0 Å². The quantitative estimate of drug-likeness (QED) is 0.692. The molecule has 2 heterocycles. The first-order valence-electron chi connectivity index (χ1n) is 4.51. The van der Waals surface area contributed by atoms with Crippen molar-refractivity contribution in [3.05, 3.63) is 11.7 Å². The lowest BCUT2D eigenvalue weighted by atomic mass is 10.3. The van der Waals surface area contributed by atoms with Crippen molar-refractivity contribution in [1.29, 1.82) is 0 Å². The molecule has 13 heavy (non-hydrogen) atoms. The summed E-state index contributed by atoms with van der Waals surface area (Å²) in [5, 5.41) is 3.73. The van der Waals surface area contributed by atoms with Gasteiger partial charge in [-0.05, 0) is 13.3 Å². The van der Waals surface area contributed by atoms with Crippen LogP contribution in [0.4, 0.5) is 0 Å². The van der Waals surface area contributed by atoms with Gasteiger partial charge in [0.1, 0.15) is 0 Å². The van der Waals surface area contributed by atoms with Gasteiger partial charge in [-0.15, -0.1) is 0 Å². The Kier molecular flexibility index (Phi) is 2.28. The maximum atomic E-state index is 5.78. The summed E-state index contributed by atoms with van der Waals surface area (Å²) < 4.78 is 5.02. The minimum atomic E-state index is 0.309. The molecule has 0 radical (unpaired) electrons. The molecule has 0 bridgehead atoms. The highest BCUT2D eigenvalue weighted by Gasteiger charge is 2.20. The number of rotatable bonds is 2. The average Bonchev–Trinajstić information content (AvgIpc) is 2.62. The lowest BCUT2D eigenvalue weighted by Crippen LogP contribution is -2.26. The van der Waals surface area contributed by atoms with Crippen LogP contribution in [0.25, 0.3) is 0 Å². The molecule has 0 aliphatic carbocycles. The van der Waals surface area contributed by atoms with E-state index in [2.05, 4.69) is 15.0 Å². The van der Waals surface area contributed by atoms with E-state index >= 15 is 0 Å². The Bertz CT molecular complexity index is 285. The molecule has 0 unspecified atom stereocenters. The van der Waals surface area contributed by atoms with Gasteiger partial charge in [0.2, 0.25) is 5.89 Å². The summed E-state index contributed by atoms with van der Waals surface area (Å²) in [4.78, 5) is 6.37. The molecule has 0 spiro atoms. The number of nitrogens with zero attached hydrogens (tertiary/aromatic N) is 3. The van der Waals surface area contributed by atoms with Gasteiger partial charge < -0.3 is 10.3 Å². The van der Waals surface area contributed by atoms with Crippen LogP contribution >= 0.6 is 0 Å². The van der Waals surface area contributed by atoms with E-state index in [1.165, 1.54) is 0 Å². The van der Waals surface area contributed by atoms with E-state index in [4.69, 9.17) is 10.3 Å². The molecule has 2 rings (SSSR count). The standard InChI is InChI=1S/C8H14N4O/c1-6-10-8(13-11-6)5-12-3-2-7(9)4-12/h7H,2-5,9H2,1H3/t7-/m1/s1. The smallest absolute Gasteiger partial charge is 0.240 e. The number of nitrogens with two attached hydrogens (primary N) is 1. The summed E-state index contributed by atoms with van der Waals surface area (Å²) in [6.45, 7) is 4.52. The number of aryl methyl sites for hydroxylation is 1. The van der Waals surface area contributed by atoms with Gasteiger partial charge in [0, 0.05) is 19.1 Å². The third-order valence-corrected chi connectivity index (χ3v) is 2.24. The third-order valence-electron chi connectivity index (χ3n) is 2.24. The van der Waals surface area contributed by atoms with Crippen LogP contribution in [0.1, 0.15) is 18.1 Å². The van der Waals surface area contributed by atoms with Crippen LogP contribution in [-0.2, 0) is 6.54 Å². The Balaban J connectivity index is 1.91. The van der Waals surface area contributed by atoms with E-state index in [1.807, 2.05) is 6.92 Å². The Hall–Kier alpha value is -0.940. The van der Waals surface area contributed by atoms with Gasteiger partial charge in [-0.25, -0.2) is 0 Å². The van der Waals surface area contributed by atoms with E-state index in [0.717, 1.165) is 26.1 Å². The zero-order chi connectivity index (χ0) is 9.26. The van der Waals surface area contributed by atoms with Crippen molar-refractivity contribution >= 4 is 0 Å². The van der Waals surface area contributed by atoms with Gasteiger partial charge in [0.05, 0.1) is 6.54 Å². The lowest BCUT2D eigenvalue weighted by molar-refractivity contribution is 0.265. The molecule has 1 aromatic rings. The minimum absolute atomic E-state index is 0.309. The van der Waals surface area contributed by atoms with Crippen molar-refractivity contribution in [3.63, 3.8) is 0 Å². The molecule has 1 fully saturated rings. The van der Waals surface area contributed by atoms with Gasteiger partial charge >= 0.3 is 0 Å². The zero-order valence-corrected chi connectivity index (χ0v) is 7.73. The molecular weight excluding hydrogens is 168 g/mol. The molecular formula is C8H14N4O. The van der Waals surface area contributed by atoms with Gasteiger partial charge in [-0.2, -0.15) is 4.98 Å². The molecule has 5 heteroatoms. The monoisotopic (exact) mass is 182 g/mol. The fourth-order valence-corrected chi connectivity index (χ4v) is 1.60. The first-order chi connectivity index (χ1) is 6.24. The number of aromatic nitrogens is 2. The highest BCUT2D eigenvalue weighted by atomic mass is 16.5. The molecule has 0 aromatic carbocycles. The molecule has 72 valence electrons. The van der Waals surface area contributed by atoms with Gasteiger partial charge in [0.25, 0.3) is 0 Å². The molecule has 5 nitrogen and oxygen atoms in total. The maximum Gasteiger partial charge on any atom is 0.240 e. The molecule has 1 aliphatic heterocycles. The number of hydrogen-bond acceptors (Lipinski definition) is 5. The summed E-state index contributed by atoms with van der Waals surface area (Å²) in [5.41, 5.74) is 5.78. The van der Waals surface area contributed by atoms with Gasteiger partial charge in [-0.1, -0.05) is 5.16 Å². The first kappa shape index (κ1) is 8.65. The van der Waals surface area contributed by atoms with Gasteiger partial charge in [-0.3, -0.25) is 4.90 Å². The number of likely N-dealkylation sites (tertiary alicyclic amines) is 1. The van der Waals surface area contributed by atoms with Crippen LogP contribution in [0.5, 0.6) is 0 Å². The van der Waals surface area contributed by atoms with E-state index < -0.39 is 0 Å². The van der Waals surface area contributed by atoms with Gasteiger partial charge in [0.15, 0.2) is 5.82 Å². The maximum absolute atomic E-state index is 5.78. The van der Waals surface area contributed by atoms with Crippen LogP contribution in [0.3, 0.4) is 0 Å². The normalized spacial score (nSPS) is 24.0.